The van der Waals surface area contributed by atoms with E-state index in [1.54, 1.807) is 6.26 Å². The van der Waals surface area contributed by atoms with Gasteiger partial charge >= 0.3 is 0 Å². The van der Waals surface area contributed by atoms with Gasteiger partial charge in [0.15, 0.2) is 0 Å². The molecule has 1 N–H and O–H groups in total. The highest BCUT2D eigenvalue weighted by Gasteiger charge is 2.21. The van der Waals surface area contributed by atoms with Crippen LogP contribution >= 0.6 is 0 Å². The molecule has 0 radical (unpaired) electrons. The lowest BCUT2D eigenvalue weighted by atomic mass is 10.1. The van der Waals surface area contributed by atoms with Crippen LogP contribution in [0.1, 0.15) is 29.9 Å². The molecule has 1 amide bonds. The molecular weight excluding hydrogens is 342 g/mol. The first-order chi connectivity index (χ1) is 13.2. The molecule has 1 aromatic carbocycles. The highest BCUT2D eigenvalue weighted by molar-refractivity contribution is 5.78. The number of fused-ring (bicyclic) bond motifs is 1. The van der Waals surface area contributed by atoms with E-state index in [1.165, 1.54) is 11.1 Å². The zero-order chi connectivity index (χ0) is 18.6. The monoisotopic (exact) mass is 369 g/mol. The Kier molecular flexibility index (Phi) is 5.45. The minimum atomic E-state index is -0.0995. The number of furan rings is 1. The summed E-state index contributed by atoms with van der Waals surface area (Å²) in [6, 6.07) is 10.2. The zero-order valence-corrected chi connectivity index (χ0v) is 15.8. The number of benzene rings is 1. The number of nitrogens with one attached hydrogen (secondary N) is 1. The predicted molar refractivity (Wildman–Crippen MR) is 103 cm³/mol. The highest BCUT2D eigenvalue weighted by Crippen LogP contribution is 2.26. The van der Waals surface area contributed by atoms with Gasteiger partial charge in [0.1, 0.15) is 11.5 Å². The molecule has 0 aliphatic carbocycles. The Balaban J connectivity index is 1.21. The maximum atomic E-state index is 12.3. The number of rotatable bonds is 6. The van der Waals surface area contributed by atoms with Gasteiger partial charge in [0, 0.05) is 39.1 Å². The fraction of sp³-hybridized carbons (Fsp3) is 0.476. The lowest BCUT2D eigenvalue weighted by molar-refractivity contribution is -0.123. The Bertz CT molecular complexity index is 767. The van der Waals surface area contributed by atoms with Crippen molar-refractivity contribution in [3.63, 3.8) is 0 Å². The molecule has 3 heterocycles. The van der Waals surface area contributed by atoms with Gasteiger partial charge in [-0.05, 0) is 36.2 Å². The van der Waals surface area contributed by atoms with Crippen molar-refractivity contribution < 1.29 is 13.9 Å². The van der Waals surface area contributed by atoms with E-state index in [4.69, 9.17) is 9.15 Å². The molecule has 1 atom stereocenters. The van der Waals surface area contributed by atoms with Crippen LogP contribution in [0, 0.1) is 0 Å². The van der Waals surface area contributed by atoms with Gasteiger partial charge in [-0.25, -0.2) is 0 Å². The van der Waals surface area contributed by atoms with E-state index in [2.05, 4.69) is 33.3 Å². The molecule has 6 nitrogen and oxygen atoms in total. The van der Waals surface area contributed by atoms with Gasteiger partial charge in [-0.15, -0.1) is 0 Å². The van der Waals surface area contributed by atoms with Crippen LogP contribution in [0.3, 0.4) is 0 Å². The summed E-state index contributed by atoms with van der Waals surface area (Å²) in [7, 11) is 0. The topological polar surface area (TPSA) is 58.0 Å². The van der Waals surface area contributed by atoms with Crippen molar-refractivity contribution in [2.75, 3.05) is 39.3 Å². The van der Waals surface area contributed by atoms with E-state index in [1.807, 2.05) is 19.1 Å². The second-order valence-electron chi connectivity index (χ2n) is 7.40. The summed E-state index contributed by atoms with van der Waals surface area (Å²) in [6.45, 7) is 7.93. The summed E-state index contributed by atoms with van der Waals surface area (Å²) < 4.78 is 10.9. The number of amides is 1. The number of carbonyl (C=O) groups excluding carboxylic acids is 1. The third-order valence-corrected chi connectivity index (χ3v) is 5.34. The van der Waals surface area contributed by atoms with Crippen molar-refractivity contribution >= 4 is 5.91 Å². The van der Waals surface area contributed by atoms with Crippen molar-refractivity contribution in [2.24, 2.45) is 0 Å². The third kappa shape index (κ3) is 4.51. The van der Waals surface area contributed by atoms with Crippen LogP contribution in [-0.4, -0.2) is 55.0 Å². The summed E-state index contributed by atoms with van der Waals surface area (Å²) in [4.78, 5) is 17.0. The first-order valence-corrected chi connectivity index (χ1v) is 9.69. The van der Waals surface area contributed by atoms with E-state index in [-0.39, 0.29) is 11.9 Å². The van der Waals surface area contributed by atoms with Crippen LogP contribution in [0.4, 0.5) is 0 Å². The maximum absolute atomic E-state index is 12.3. The molecule has 0 unspecified atom stereocenters. The minimum absolute atomic E-state index is 0.0472. The van der Waals surface area contributed by atoms with Gasteiger partial charge in [-0.2, -0.15) is 0 Å². The molecule has 2 aromatic rings. The van der Waals surface area contributed by atoms with Crippen LogP contribution in [0.5, 0.6) is 5.75 Å². The predicted octanol–water partition coefficient (Wildman–Crippen LogP) is 2.21. The van der Waals surface area contributed by atoms with E-state index in [9.17, 15) is 4.79 Å². The summed E-state index contributed by atoms with van der Waals surface area (Å²) in [5.74, 6) is 1.87. The van der Waals surface area contributed by atoms with Gasteiger partial charge in [-0.3, -0.25) is 14.6 Å². The fourth-order valence-corrected chi connectivity index (χ4v) is 3.80. The number of hydrogen-bond donors (Lipinski definition) is 1. The second kappa shape index (κ2) is 8.15. The first kappa shape index (κ1) is 18.1. The molecule has 27 heavy (non-hydrogen) atoms. The maximum Gasteiger partial charge on any atom is 0.234 e. The summed E-state index contributed by atoms with van der Waals surface area (Å²) in [5, 5.41) is 3.00. The second-order valence-corrected chi connectivity index (χ2v) is 7.40. The Labute approximate surface area is 160 Å². The summed E-state index contributed by atoms with van der Waals surface area (Å²) in [6.07, 6.45) is 2.65. The molecule has 4 rings (SSSR count). The van der Waals surface area contributed by atoms with E-state index in [0.29, 0.717) is 6.54 Å². The largest absolute Gasteiger partial charge is 0.493 e. The highest BCUT2D eigenvalue weighted by atomic mass is 16.5. The molecular formula is C21H27N3O3. The lowest BCUT2D eigenvalue weighted by Crippen LogP contribution is -2.49. The molecule has 0 bridgehead atoms. The van der Waals surface area contributed by atoms with Crippen LogP contribution in [-0.2, 0) is 17.8 Å². The van der Waals surface area contributed by atoms with Crippen molar-refractivity contribution in [1.29, 1.82) is 0 Å². The first-order valence-electron chi connectivity index (χ1n) is 9.69. The molecule has 0 spiro atoms. The van der Waals surface area contributed by atoms with Gasteiger partial charge < -0.3 is 14.5 Å². The van der Waals surface area contributed by atoms with Crippen LogP contribution in [0.25, 0.3) is 0 Å². The van der Waals surface area contributed by atoms with Crippen molar-refractivity contribution in [3.05, 3.63) is 53.5 Å². The third-order valence-electron chi connectivity index (χ3n) is 5.34. The van der Waals surface area contributed by atoms with Crippen LogP contribution < -0.4 is 10.1 Å². The van der Waals surface area contributed by atoms with Crippen molar-refractivity contribution in [2.45, 2.75) is 25.9 Å². The van der Waals surface area contributed by atoms with Gasteiger partial charge in [0.25, 0.3) is 0 Å². The molecule has 1 saturated heterocycles. The van der Waals surface area contributed by atoms with Crippen LogP contribution in [0.15, 0.2) is 41.0 Å². The summed E-state index contributed by atoms with van der Waals surface area (Å²) in [5.41, 5.74) is 2.67. The number of piperazine rings is 1. The van der Waals surface area contributed by atoms with Gasteiger partial charge in [0.2, 0.25) is 5.91 Å². The lowest BCUT2D eigenvalue weighted by Gasteiger charge is -2.34. The molecule has 2 aliphatic heterocycles. The Morgan fingerprint density at radius 2 is 2.00 bits per heavy atom. The Morgan fingerprint density at radius 1 is 1.19 bits per heavy atom. The van der Waals surface area contributed by atoms with Gasteiger partial charge in [0.05, 0.1) is 25.5 Å². The average Bonchev–Trinajstić information content (AvgIpc) is 3.34. The number of hydrogen-bond acceptors (Lipinski definition) is 5. The smallest absolute Gasteiger partial charge is 0.234 e. The molecule has 1 fully saturated rings. The number of nitrogens with zero attached hydrogens (tertiary/aromatic N) is 2. The fourth-order valence-electron chi connectivity index (χ4n) is 3.80. The van der Waals surface area contributed by atoms with E-state index in [0.717, 1.165) is 57.3 Å². The van der Waals surface area contributed by atoms with Crippen molar-refractivity contribution in [1.82, 2.24) is 15.1 Å². The van der Waals surface area contributed by atoms with E-state index >= 15 is 0 Å². The molecule has 1 aromatic heterocycles. The van der Waals surface area contributed by atoms with Gasteiger partial charge in [-0.1, -0.05) is 12.1 Å². The average molecular weight is 369 g/mol. The van der Waals surface area contributed by atoms with Crippen molar-refractivity contribution in [3.8, 4) is 5.75 Å². The normalized spacial score (nSPS) is 18.7. The summed E-state index contributed by atoms with van der Waals surface area (Å²) >= 11 is 0. The zero-order valence-electron chi connectivity index (χ0n) is 15.8. The number of carbonyl (C=O) groups is 1. The van der Waals surface area contributed by atoms with E-state index < -0.39 is 0 Å². The molecule has 6 heteroatoms. The number of ether oxygens (including phenoxy) is 1. The SMILES string of the molecule is C[C@H](NC(=O)CN1CCN(Cc2ccc3c(c2)CCO3)CC1)c1ccco1. The molecule has 0 saturated carbocycles. The standard InChI is InChI=1S/C21H27N3O3/c1-16(19-3-2-11-26-19)22-21(25)15-24-9-7-23(8-10-24)14-17-4-5-20-18(13-17)6-12-27-20/h2-5,11,13,16H,6-10,12,14-15H2,1H3,(H,22,25)/t16-/m0/s1. The molecule has 144 valence electrons. The minimum Gasteiger partial charge on any atom is -0.493 e. The molecule has 2 aliphatic rings. The van der Waals surface area contributed by atoms with Crippen LogP contribution in [0.2, 0.25) is 0 Å². The quantitative estimate of drug-likeness (QED) is 0.846. The Hall–Kier alpha value is -2.31. The Morgan fingerprint density at radius 3 is 2.78 bits per heavy atom.